The first kappa shape index (κ1) is 20.1. The maximum absolute atomic E-state index is 11.5. The molecule has 5 nitrogen and oxygen atoms in total. The lowest BCUT2D eigenvalue weighted by atomic mass is 9.84. The molecule has 2 heterocycles. The average molecular weight is 395 g/mol. The number of primary amides is 1. The van der Waals surface area contributed by atoms with E-state index >= 15 is 0 Å². The van der Waals surface area contributed by atoms with Gasteiger partial charge in [-0.05, 0) is 43.7 Å². The number of likely N-dealkylation sites (tertiary alicyclic amines) is 1. The molecule has 156 valence electrons. The van der Waals surface area contributed by atoms with E-state index in [0.29, 0.717) is 6.42 Å². The SMILES string of the molecule is Cn1cc(CN2CCCC[C@H]2CC(N)=O)c(-c2ccc(C3CCCCC3)cc2)n1. The van der Waals surface area contributed by atoms with Gasteiger partial charge in [0, 0.05) is 43.4 Å². The number of aryl methyl sites for hydroxylation is 1. The summed E-state index contributed by atoms with van der Waals surface area (Å²) in [6.45, 7) is 1.85. The van der Waals surface area contributed by atoms with Gasteiger partial charge in [-0.1, -0.05) is 49.9 Å². The van der Waals surface area contributed by atoms with Crippen LogP contribution in [0.15, 0.2) is 30.5 Å². The van der Waals surface area contributed by atoms with E-state index in [-0.39, 0.29) is 11.9 Å². The van der Waals surface area contributed by atoms with E-state index < -0.39 is 0 Å². The maximum Gasteiger partial charge on any atom is 0.218 e. The number of carbonyl (C=O) groups is 1. The first-order valence-electron chi connectivity index (χ1n) is 11.3. The number of carbonyl (C=O) groups excluding carboxylic acids is 1. The highest BCUT2D eigenvalue weighted by Crippen LogP contribution is 2.34. The van der Waals surface area contributed by atoms with Crippen LogP contribution >= 0.6 is 0 Å². The maximum atomic E-state index is 11.5. The molecule has 2 fully saturated rings. The van der Waals surface area contributed by atoms with Gasteiger partial charge in [0.2, 0.25) is 5.91 Å². The van der Waals surface area contributed by atoms with Gasteiger partial charge in [-0.25, -0.2) is 0 Å². The summed E-state index contributed by atoms with van der Waals surface area (Å²) in [6, 6.07) is 9.35. The van der Waals surface area contributed by atoms with Crippen LogP contribution in [0.3, 0.4) is 0 Å². The third-order valence-electron chi connectivity index (χ3n) is 6.72. The fraction of sp³-hybridized carbons (Fsp3) is 0.583. The minimum Gasteiger partial charge on any atom is -0.370 e. The van der Waals surface area contributed by atoms with E-state index in [1.807, 2.05) is 11.7 Å². The topological polar surface area (TPSA) is 64.2 Å². The van der Waals surface area contributed by atoms with E-state index in [0.717, 1.165) is 31.1 Å². The summed E-state index contributed by atoms with van der Waals surface area (Å²) in [7, 11) is 1.99. The number of benzene rings is 1. The van der Waals surface area contributed by atoms with Crippen molar-refractivity contribution < 1.29 is 4.79 Å². The van der Waals surface area contributed by atoms with Gasteiger partial charge in [0.1, 0.15) is 0 Å². The second kappa shape index (κ2) is 9.12. The molecule has 2 aliphatic rings. The van der Waals surface area contributed by atoms with Crippen molar-refractivity contribution in [2.24, 2.45) is 12.8 Å². The van der Waals surface area contributed by atoms with Crippen molar-refractivity contribution in [2.45, 2.75) is 76.3 Å². The smallest absolute Gasteiger partial charge is 0.218 e. The molecule has 5 heteroatoms. The molecule has 0 unspecified atom stereocenters. The van der Waals surface area contributed by atoms with Crippen LogP contribution in [0, 0.1) is 0 Å². The summed E-state index contributed by atoms with van der Waals surface area (Å²) < 4.78 is 1.91. The van der Waals surface area contributed by atoms with Gasteiger partial charge in [-0.15, -0.1) is 0 Å². The second-order valence-electron chi connectivity index (χ2n) is 8.92. The molecular weight excluding hydrogens is 360 g/mol. The molecule has 2 N–H and O–H groups in total. The summed E-state index contributed by atoms with van der Waals surface area (Å²) in [4.78, 5) is 13.9. The number of nitrogens with two attached hydrogens (primary N) is 1. The molecular formula is C24H34N4O. The van der Waals surface area contributed by atoms with Crippen LogP contribution < -0.4 is 5.73 Å². The number of rotatable bonds is 6. The van der Waals surface area contributed by atoms with E-state index in [1.54, 1.807) is 0 Å². The fourth-order valence-electron chi connectivity index (χ4n) is 5.20. The van der Waals surface area contributed by atoms with Crippen molar-refractivity contribution in [3.8, 4) is 11.3 Å². The highest BCUT2D eigenvalue weighted by atomic mass is 16.1. The van der Waals surface area contributed by atoms with E-state index in [2.05, 4.69) is 35.4 Å². The normalized spacial score (nSPS) is 21.3. The standard InChI is InChI=1S/C24H34N4O/c1-27-16-21(17-28-14-6-5-9-22(28)15-23(25)29)24(26-27)20-12-10-19(11-13-20)18-7-3-2-4-8-18/h10-13,16,18,22H,2-9,14-15,17H2,1H3,(H2,25,29)/t22-/m0/s1. The van der Waals surface area contributed by atoms with Crippen LogP contribution in [0.25, 0.3) is 11.3 Å². The van der Waals surface area contributed by atoms with Crippen LogP contribution in [-0.4, -0.2) is 33.2 Å². The van der Waals surface area contributed by atoms with Crippen molar-refractivity contribution in [3.05, 3.63) is 41.6 Å². The molecule has 1 aromatic carbocycles. The molecule has 2 aromatic rings. The number of aromatic nitrogens is 2. The lowest BCUT2D eigenvalue weighted by Gasteiger charge is -2.35. The van der Waals surface area contributed by atoms with Gasteiger partial charge in [-0.3, -0.25) is 14.4 Å². The van der Waals surface area contributed by atoms with Crippen LogP contribution in [0.2, 0.25) is 0 Å². The lowest BCUT2D eigenvalue weighted by molar-refractivity contribution is -0.119. The largest absolute Gasteiger partial charge is 0.370 e. The van der Waals surface area contributed by atoms with Crippen molar-refractivity contribution in [1.82, 2.24) is 14.7 Å². The number of hydrogen-bond donors (Lipinski definition) is 1. The van der Waals surface area contributed by atoms with Crippen LogP contribution in [-0.2, 0) is 18.4 Å². The minimum absolute atomic E-state index is 0.202. The van der Waals surface area contributed by atoms with E-state index in [9.17, 15) is 4.79 Å². The molecule has 0 spiro atoms. The van der Waals surface area contributed by atoms with E-state index in [4.69, 9.17) is 10.8 Å². The molecule has 1 aliphatic carbocycles. The molecule has 0 radical (unpaired) electrons. The summed E-state index contributed by atoms with van der Waals surface area (Å²) >= 11 is 0. The number of piperidine rings is 1. The Bertz CT molecular complexity index is 820. The van der Waals surface area contributed by atoms with Gasteiger partial charge < -0.3 is 5.73 Å². The monoisotopic (exact) mass is 394 g/mol. The molecule has 1 aromatic heterocycles. The lowest BCUT2D eigenvalue weighted by Crippen LogP contribution is -2.41. The number of amides is 1. The third kappa shape index (κ3) is 4.89. The minimum atomic E-state index is -0.202. The summed E-state index contributed by atoms with van der Waals surface area (Å²) in [5, 5.41) is 4.77. The van der Waals surface area contributed by atoms with Gasteiger partial charge in [0.25, 0.3) is 0 Å². The highest BCUT2D eigenvalue weighted by Gasteiger charge is 2.25. The summed E-state index contributed by atoms with van der Waals surface area (Å²) in [5.41, 5.74) is 10.4. The zero-order chi connectivity index (χ0) is 20.2. The fourth-order valence-corrected chi connectivity index (χ4v) is 5.20. The zero-order valence-corrected chi connectivity index (χ0v) is 17.6. The van der Waals surface area contributed by atoms with Gasteiger partial charge in [-0.2, -0.15) is 5.10 Å². The number of hydrogen-bond acceptors (Lipinski definition) is 3. The van der Waals surface area contributed by atoms with Gasteiger partial charge in [0.05, 0.1) is 5.69 Å². The van der Waals surface area contributed by atoms with Crippen molar-refractivity contribution in [1.29, 1.82) is 0 Å². The second-order valence-corrected chi connectivity index (χ2v) is 8.92. The summed E-state index contributed by atoms with van der Waals surface area (Å²) in [5.74, 6) is 0.524. The Kier molecular flexibility index (Phi) is 6.34. The predicted molar refractivity (Wildman–Crippen MR) is 116 cm³/mol. The van der Waals surface area contributed by atoms with Gasteiger partial charge >= 0.3 is 0 Å². The van der Waals surface area contributed by atoms with Crippen molar-refractivity contribution in [3.63, 3.8) is 0 Å². The van der Waals surface area contributed by atoms with Crippen LogP contribution in [0.1, 0.15) is 74.8 Å². The van der Waals surface area contributed by atoms with Gasteiger partial charge in [0.15, 0.2) is 0 Å². The Morgan fingerprint density at radius 1 is 1.07 bits per heavy atom. The molecule has 1 aliphatic heterocycles. The van der Waals surface area contributed by atoms with Crippen LogP contribution in [0.5, 0.6) is 0 Å². The summed E-state index contributed by atoms with van der Waals surface area (Å²) in [6.07, 6.45) is 12.7. The Morgan fingerprint density at radius 2 is 1.79 bits per heavy atom. The molecule has 0 bridgehead atoms. The Hall–Kier alpha value is -2.14. The van der Waals surface area contributed by atoms with E-state index in [1.165, 1.54) is 61.6 Å². The molecule has 1 saturated heterocycles. The van der Waals surface area contributed by atoms with Crippen molar-refractivity contribution in [2.75, 3.05) is 6.54 Å². The first-order chi connectivity index (χ1) is 14.1. The Labute approximate surface area is 174 Å². The molecule has 1 atom stereocenters. The third-order valence-corrected chi connectivity index (χ3v) is 6.72. The van der Waals surface area contributed by atoms with Crippen molar-refractivity contribution >= 4 is 5.91 Å². The highest BCUT2D eigenvalue weighted by molar-refractivity contribution is 5.74. The molecule has 1 amide bonds. The molecule has 1 saturated carbocycles. The average Bonchev–Trinajstić information content (AvgIpc) is 3.10. The quantitative estimate of drug-likeness (QED) is 0.791. The number of nitrogens with zero attached hydrogens (tertiary/aromatic N) is 3. The first-order valence-corrected chi connectivity index (χ1v) is 11.3. The Morgan fingerprint density at radius 3 is 2.52 bits per heavy atom. The molecule has 29 heavy (non-hydrogen) atoms. The van der Waals surface area contributed by atoms with Crippen LogP contribution in [0.4, 0.5) is 0 Å². The molecule has 4 rings (SSSR count). The Balaban J connectivity index is 1.52. The zero-order valence-electron chi connectivity index (χ0n) is 17.6. The predicted octanol–water partition coefficient (Wildman–Crippen LogP) is 4.36.